The van der Waals surface area contributed by atoms with Crippen molar-refractivity contribution in [3.8, 4) is 0 Å². The molecule has 1 aliphatic carbocycles. The summed E-state index contributed by atoms with van der Waals surface area (Å²) in [5.74, 6) is 0.475. The molecule has 2 fully saturated rings. The van der Waals surface area contributed by atoms with Crippen molar-refractivity contribution >= 4 is 11.9 Å². The van der Waals surface area contributed by atoms with E-state index in [0.717, 1.165) is 38.6 Å². The third kappa shape index (κ3) is 2.77. The molecule has 19 heavy (non-hydrogen) atoms. The van der Waals surface area contributed by atoms with Crippen LogP contribution in [-0.4, -0.2) is 28.9 Å². The van der Waals surface area contributed by atoms with E-state index < -0.39 is 5.54 Å². The molecule has 0 bridgehead atoms. The molecule has 1 heterocycles. The minimum absolute atomic E-state index is 0.0560. The quantitative estimate of drug-likeness (QED) is 0.614. The van der Waals surface area contributed by atoms with Gasteiger partial charge in [-0.25, -0.2) is 4.79 Å². The van der Waals surface area contributed by atoms with E-state index in [9.17, 15) is 9.59 Å². The van der Waals surface area contributed by atoms with Crippen LogP contribution in [0.15, 0.2) is 0 Å². The van der Waals surface area contributed by atoms with Crippen LogP contribution >= 0.6 is 0 Å². The molecule has 1 aliphatic heterocycles. The van der Waals surface area contributed by atoms with E-state index in [-0.39, 0.29) is 11.9 Å². The lowest BCUT2D eigenvalue weighted by atomic mass is 9.75. The van der Waals surface area contributed by atoms with Gasteiger partial charge in [0.25, 0.3) is 5.91 Å². The van der Waals surface area contributed by atoms with Crippen molar-refractivity contribution in [3.05, 3.63) is 0 Å². The first-order valence-electron chi connectivity index (χ1n) is 7.73. The molecule has 2 aliphatic rings. The number of nitrogens with one attached hydrogen (secondary N) is 1. The van der Waals surface area contributed by atoms with Gasteiger partial charge < -0.3 is 4.90 Å². The second kappa shape index (κ2) is 5.93. The second-order valence-corrected chi connectivity index (χ2v) is 6.20. The van der Waals surface area contributed by atoms with Crippen molar-refractivity contribution in [1.82, 2.24) is 10.2 Å². The van der Waals surface area contributed by atoms with Gasteiger partial charge in [0.1, 0.15) is 5.54 Å². The Balaban J connectivity index is 2.05. The Labute approximate surface area is 115 Å². The highest BCUT2D eigenvalue weighted by atomic mass is 16.2. The van der Waals surface area contributed by atoms with Crippen LogP contribution in [0.4, 0.5) is 4.79 Å². The number of carbonyl (C=O) groups excluding carboxylic acids is 2. The summed E-state index contributed by atoms with van der Waals surface area (Å²) in [6.45, 7) is 5.09. The number of carbonyl (C=O) groups is 2. The molecule has 4 nitrogen and oxygen atoms in total. The minimum atomic E-state index is -0.527. The van der Waals surface area contributed by atoms with E-state index in [2.05, 4.69) is 19.2 Å². The van der Waals surface area contributed by atoms with Crippen LogP contribution in [0.5, 0.6) is 0 Å². The summed E-state index contributed by atoms with van der Waals surface area (Å²) in [6.07, 6.45) is 8.42. The Morgan fingerprint density at radius 3 is 2.79 bits per heavy atom. The van der Waals surface area contributed by atoms with Crippen LogP contribution in [0.25, 0.3) is 0 Å². The summed E-state index contributed by atoms with van der Waals surface area (Å²) in [7, 11) is 0. The van der Waals surface area contributed by atoms with Gasteiger partial charge in [-0.15, -0.1) is 0 Å². The zero-order valence-electron chi connectivity index (χ0n) is 12.2. The SMILES string of the molecule is CCCCCCN1C(=O)NC(=O)C12CCCC(C)C2. The van der Waals surface area contributed by atoms with E-state index >= 15 is 0 Å². The molecule has 1 saturated heterocycles. The minimum Gasteiger partial charge on any atom is -0.310 e. The van der Waals surface area contributed by atoms with Gasteiger partial charge in [0.2, 0.25) is 0 Å². The summed E-state index contributed by atoms with van der Waals surface area (Å²) in [5, 5.41) is 2.54. The van der Waals surface area contributed by atoms with Crippen LogP contribution in [0, 0.1) is 5.92 Å². The number of hydrogen-bond acceptors (Lipinski definition) is 2. The highest BCUT2D eigenvalue weighted by molar-refractivity contribution is 6.07. The van der Waals surface area contributed by atoms with Gasteiger partial charge in [-0.1, -0.05) is 46.0 Å². The third-order valence-electron chi connectivity index (χ3n) is 4.61. The number of hydrogen-bond donors (Lipinski definition) is 1. The van der Waals surface area contributed by atoms with Gasteiger partial charge in [0, 0.05) is 6.54 Å². The number of imide groups is 1. The Bertz CT molecular complexity index is 356. The largest absolute Gasteiger partial charge is 0.325 e. The van der Waals surface area contributed by atoms with E-state index in [1.165, 1.54) is 19.3 Å². The molecule has 1 spiro atoms. The monoisotopic (exact) mass is 266 g/mol. The highest BCUT2D eigenvalue weighted by Gasteiger charge is 2.53. The Morgan fingerprint density at radius 1 is 1.32 bits per heavy atom. The summed E-state index contributed by atoms with van der Waals surface area (Å²) < 4.78 is 0. The van der Waals surface area contributed by atoms with Crippen molar-refractivity contribution in [3.63, 3.8) is 0 Å². The highest BCUT2D eigenvalue weighted by Crippen LogP contribution is 2.39. The standard InChI is InChI=1S/C15H26N2O2/c1-3-4-5-6-10-17-14(19)16-13(18)15(17)9-7-8-12(2)11-15/h12H,3-11H2,1-2H3,(H,16,18,19). The van der Waals surface area contributed by atoms with E-state index in [1.54, 1.807) is 0 Å². The lowest BCUT2D eigenvalue weighted by molar-refractivity contribution is -0.129. The van der Waals surface area contributed by atoms with Crippen molar-refractivity contribution < 1.29 is 9.59 Å². The molecule has 2 unspecified atom stereocenters. The topological polar surface area (TPSA) is 49.4 Å². The van der Waals surface area contributed by atoms with Crippen LogP contribution in [0.2, 0.25) is 0 Å². The number of amides is 3. The molecular formula is C15H26N2O2. The van der Waals surface area contributed by atoms with Crippen LogP contribution in [-0.2, 0) is 4.79 Å². The summed E-state index contributed by atoms with van der Waals surface area (Å²) >= 11 is 0. The molecule has 0 aromatic carbocycles. The van der Waals surface area contributed by atoms with Crippen molar-refractivity contribution in [2.24, 2.45) is 5.92 Å². The van der Waals surface area contributed by atoms with Gasteiger partial charge in [-0.2, -0.15) is 0 Å². The molecule has 0 aromatic heterocycles. The van der Waals surface area contributed by atoms with Crippen LogP contribution in [0.3, 0.4) is 0 Å². The van der Waals surface area contributed by atoms with Crippen molar-refractivity contribution in [1.29, 1.82) is 0 Å². The molecule has 0 radical (unpaired) electrons. The number of nitrogens with zero attached hydrogens (tertiary/aromatic N) is 1. The fourth-order valence-corrected chi connectivity index (χ4v) is 3.59. The van der Waals surface area contributed by atoms with Gasteiger partial charge in [0.15, 0.2) is 0 Å². The van der Waals surface area contributed by atoms with Crippen molar-refractivity contribution in [2.75, 3.05) is 6.54 Å². The number of urea groups is 1. The average Bonchev–Trinajstić information content (AvgIpc) is 2.58. The summed E-state index contributed by atoms with van der Waals surface area (Å²) in [5.41, 5.74) is -0.527. The van der Waals surface area contributed by atoms with E-state index in [0.29, 0.717) is 5.92 Å². The molecule has 3 amide bonds. The summed E-state index contributed by atoms with van der Waals surface area (Å²) in [4.78, 5) is 26.1. The third-order valence-corrected chi connectivity index (χ3v) is 4.61. The first-order valence-corrected chi connectivity index (χ1v) is 7.73. The van der Waals surface area contributed by atoms with Gasteiger partial charge >= 0.3 is 6.03 Å². The first-order chi connectivity index (χ1) is 9.10. The average molecular weight is 266 g/mol. The molecule has 1 saturated carbocycles. The molecular weight excluding hydrogens is 240 g/mol. The lowest BCUT2D eigenvalue weighted by Crippen LogP contribution is -2.52. The lowest BCUT2D eigenvalue weighted by Gasteiger charge is -2.40. The zero-order valence-corrected chi connectivity index (χ0v) is 12.2. The first kappa shape index (κ1) is 14.4. The van der Waals surface area contributed by atoms with Gasteiger partial charge in [-0.3, -0.25) is 10.1 Å². The van der Waals surface area contributed by atoms with Crippen LogP contribution < -0.4 is 5.32 Å². The Morgan fingerprint density at radius 2 is 2.11 bits per heavy atom. The maximum absolute atomic E-state index is 12.2. The maximum Gasteiger partial charge on any atom is 0.325 e. The molecule has 108 valence electrons. The smallest absolute Gasteiger partial charge is 0.310 e. The molecule has 1 N–H and O–H groups in total. The van der Waals surface area contributed by atoms with Gasteiger partial charge in [0.05, 0.1) is 0 Å². The van der Waals surface area contributed by atoms with Crippen LogP contribution in [0.1, 0.15) is 65.2 Å². The molecule has 2 atom stereocenters. The number of rotatable bonds is 5. The fourth-order valence-electron chi connectivity index (χ4n) is 3.59. The van der Waals surface area contributed by atoms with E-state index in [1.807, 2.05) is 4.90 Å². The molecule has 2 rings (SSSR count). The predicted molar refractivity (Wildman–Crippen MR) is 74.7 cm³/mol. The predicted octanol–water partition coefficient (Wildman–Crippen LogP) is 3.07. The molecule has 4 heteroatoms. The molecule has 0 aromatic rings. The maximum atomic E-state index is 12.2. The van der Waals surface area contributed by atoms with Gasteiger partial charge in [-0.05, 0) is 25.2 Å². The number of unbranched alkanes of at least 4 members (excludes halogenated alkanes) is 3. The van der Waals surface area contributed by atoms with E-state index in [4.69, 9.17) is 0 Å². The Hall–Kier alpha value is -1.06. The summed E-state index contributed by atoms with van der Waals surface area (Å²) in [6, 6.07) is -0.171. The zero-order chi connectivity index (χ0) is 13.9. The normalized spacial score (nSPS) is 31.1. The fraction of sp³-hybridized carbons (Fsp3) is 0.867. The second-order valence-electron chi connectivity index (χ2n) is 6.20. The Kier molecular flexibility index (Phi) is 4.48. The van der Waals surface area contributed by atoms with Crippen molar-refractivity contribution in [2.45, 2.75) is 70.8 Å².